The van der Waals surface area contributed by atoms with E-state index in [0.717, 1.165) is 49.6 Å². The fraction of sp³-hybridized carbons (Fsp3) is 0.364. The summed E-state index contributed by atoms with van der Waals surface area (Å²) in [7, 11) is 0. The van der Waals surface area contributed by atoms with Gasteiger partial charge < -0.3 is 10.1 Å². The highest BCUT2D eigenvalue weighted by Gasteiger charge is 2.13. The van der Waals surface area contributed by atoms with Crippen LogP contribution in [0.3, 0.4) is 0 Å². The Labute approximate surface area is 165 Å². The van der Waals surface area contributed by atoms with Gasteiger partial charge in [0.25, 0.3) is 5.91 Å². The summed E-state index contributed by atoms with van der Waals surface area (Å²) < 4.78 is 7.42. The predicted octanol–water partition coefficient (Wildman–Crippen LogP) is 2.70. The predicted molar refractivity (Wildman–Crippen MR) is 110 cm³/mol. The van der Waals surface area contributed by atoms with E-state index < -0.39 is 0 Å². The summed E-state index contributed by atoms with van der Waals surface area (Å²) in [4.78, 5) is 19.3. The highest BCUT2D eigenvalue weighted by molar-refractivity contribution is 5.97. The maximum absolute atomic E-state index is 12.5. The Balaban J connectivity index is 1.47. The van der Waals surface area contributed by atoms with Crippen molar-refractivity contribution in [3.8, 4) is 5.69 Å². The number of fused-ring (bicyclic) bond motifs is 1. The number of carbonyl (C=O) groups is 1. The molecule has 0 bridgehead atoms. The van der Waals surface area contributed by atoms with Crippen molar-refractivity contribution in [1.29, 1.82) is 0 Å². The zero-order valence-corrected chi connectivity index (χ0v) is 16.4. The largest absolute Gasteiger partial charge is 0.379 e. The quantitative estimate of drug-likeness (QED) is 0.742. The molecule has 0 spiro atoms. The van der Waals surface area contributed by atoms with Gasteiger partial charge in [-0.1, -0.05) is 17.7 Å². The minimum Gasteiger partial charge on any atom is -0.379 e. The molecule has 146 valence electrons. The lowest BCUT2D eigenvalue weighted by molar-refractivity contribution is 0.0383. The summed E-state index contributed by atoms with van der Waals surface area (Å²) in [6, 6.07) is 12.1. The van der Waals surface area contributed by atoms with E-state index in [4.69, 9.17) is 4.74 Å². The summed E-state index contributed by atoms with van der Waals surface area (Å²) in [6.07, 6.45) is 1.82. The number of carbonyl (C=O) groups excluding carboxylic acids is 1. The van der Waals surface area contributed by atoms with Gasteiger partial charge >= 0.3 is 0 Å². The molecule has 0 radical (unpaired) electrons. The standard InChI is InChI=1S/C22H26N4O2/c1-16-3-5-20(17(2)13-16)26-15-24-19-14-18(4-6-21(19)26)22(27)23-7-8-25-9-11-28-12-10-25/h3-6,13-15H,7-12H2,1-2H3,(H,23,27). The lowest BCUT2D eigenvalue weighted by Gasteiger charge is -2.26. The molecule has 1 amide bonds. The van der Waals surface area contributed by atoms with Gasteiger partial charge in [0.15, 0.2) is 0 Å². The second-order valence-electron chi connectivity index (χ2n) is 7.32. The molecule has 28 heavy (non-hydrogen) atoms. The molecule has 0 aliphatic carbocycles. The molecule has 3 aromatic rings. The molecule has 4 rings (SSSR count). The number of benzene rings is 2. The number of amides is 1. The SMILES string of the molecule is Cc1ccc(-n2cnc3cc(C(=O)NCCN4CCOCC4)ccc32)c(C)c1. The van der Waals surface area contributed by atoms with E-state index in [9.17, 15) is 4.79 Å². The van der Waals surface area contributed by atoms with Gasteiger partial charge in [-0.25, -0.2) is 4.98 Å². The van der Waals surface area contributed by atoms with E-state index >= 15 is 0 Å². The van der Waals surface area contributed by atoms with Crippen LogP contribution >= 0.6 is 0 Å². The summed E-state index contributed by atoms with van der Waals surface area (Å²) in [5.74, 6) is -0.0591. The zero-order chi connectivity index (χ0) is 19.5. The van der Waals surface area contributed by atoms with Gasteiger partial charge in [-0.3, -0.25) is 14.3 Å². The van der Waals surface area contributed by atoms with Crippen LogP contribution in [-0.4, -0.2) is 59.8 Å². The Hall–Kier alpha value is -2.70. The van der Waals surface area contributed by atoms with Crippen LogP contribution in [0, 0.1) is 13.8 Å². The fourth-order valence-electron chi connectivity index (χ4n) is 3.68. The molecule has 1 fully saturated rings. The third-order valence-corrected chi connectivity index (χ3v) is 5.24. The Bertz CT molecular complexity index is 989. The summed E-state index contributed by atoms with van der Waals surface area (Å²) in [5.41, 5.74) is 6.00. The van der Waals surface area contributed by atoms with Crippen molar-refractivity contribution < 1.29 is 9.53 Å². The van der Waals surface area contributed by atoms with Crippen LogP contribution in [0.5, 0.6) is 0 Å². The highest BCUT2D eigenvalue weighted by atomic mass is 16.5. The van der Waals surface area contributed by atoms with Crippen molar-refractivity contribution in [3.63, 3.8) is 0 Å². The van der Waals surface area contributed by atoms with Crippen LogP contribution in [0.25, 0.3) is 16.7 Å². The van der Waals surface area contributed by atoms with E-state index in [-0.39, 0.29) is 5.91 Å². The van der Waals surface area contributed by atoms with Crippen molar-refractivity contribution in [1.82, 2.24) is 19.8 Å². The first kappa shape index (κ1) is 18.7. The Morgan fingerprint density at radius 1 is 1.14 bits per heavy atom. The van der Waals surface area contributed by atoms with Gasteiger partial charge in [-0.15, -0.1) is 0 Å². The van der Waals surface area contributed by atoms with Crippen LogP contribution in [-0.2, 0) is 4.74 Å². The number of nitrogens with one attached hydrogen (secondary N) is 1. The van der Waals surface area contributed by atoms with E-state index in [1.807, 2.05) is 24.5 Å². The third-order valence-electron chi connectivity index (χ3n) is 5.24. The number of rotatable bonds is 5. The molecule has 1 aliphatic rings. The monoisotopic (exact) mass is 378 g/mol. The van der Waals surface area contributed by atoms with Crippen molar-refractivity contribution in [2.45, 2.75) is 13.8 Å². The van der Waals surface area contributed by atoms with Crippen molar-refractivity contribution in [3.05, 3.63) is 59.4 Å². The first-order valence-corrected chi connectivity index (χ1v) is 9.75. The van der Waals surface area contributed by atoms with Crippen LogP contribution < -0.4 is 5.32 Å². The highest BCUT2D eigenvalue weighted by Crippen LogP contribution is 2.22. The van der Waals surface area contributed by atoms with E-state index in [2.05, 4.69) is 51.8 Å². The lowest BCUT2D eigenvalue weighted by Crippen LogP contribution is -2.41. The Morgan fingerprint density at radius 2 is 1.96 bits per heavy atom. The van der Waals surface area contributed by atoms with Crippen LogP contribution in [0.15, 0.2) is 42.7 Å². The average molecular weight is 378 g/mol. The van der Waals surface area contributed by atoms with Gasteiger partial charge in [0.2, 0.25) is 0 Å². The molecule has 1 aliphatic heterocycles. The second-order valence-corrected chi connectivity index (χ2v) is 7.32. The molecule has 6 nitrogen and oxygen atoms in total. The lowest BCUT2D eigenvalue weighted by atomic mass is 10.1. The van der Waals surface area contributed by atoms with E-state index in [0.29, 0.717) is 12.1 Å². The minimum atomic E-state index is -0.0591. The number of ether oxygens (including phenoxy) is 1. The molecule has 1 N–H and O–H groups in total. The minimum absolute atomic E-state index is 0.0591. The molecule has 1 saturated heterocycles. The van der Waals surface area contributed by atoms with Gasteiger partial charge in [0.1, 0.15) is 6.33 Å². The first-order chi connectivity index (χ1) is 13.6. The first-order valence-electron chi connectivity index (χ1n) is 9.75. The maximum atomic E-state index is 12.5. The molecule has 0 atom stereocenters. The summed E-state index contributed by atoms with van der Waals surface area (Å²) in [6.45, 7) is 9.07. The Kier molecular flexibility index (Phi) is 5.41. The van der Waals surface area contributed by atoms with E-state index in [1.54, 1.807) is 0 Å². The van der Waals surface area contributed by atoms with Gasteiger partial charge in [-0.2, -0.15) is 0 Å². The molecule has 2 heterocycles. The molecule has 1 aromatic heterocycles. The molecular weight excluding hydrogens is 352 g/mol. The van der Waals surface area contributed by atoms with Crippen LogP contribution in [0.1, 0.15) is 21.5 Å². The number of morpholine rings is 1. The van der Waals surface area contributed by atoms with Crippen molar-refractivity contribution in [2.24, 2.45) is 0 Å². The van der Waals surface area contributed by atoms with Crippen molar-refractivity contribution in [2.75, 3.05) is 39.4 Å². The van der Waals surface area contributed by atoms with Crippen LogP contribution in [0.2, 0.25) is 0 Å². The number of aryl methyl sites for hydroxylation is 2. The Morgan fingerprint density at radius 3 is 2.75 bits per heavy atom. The molecule has 6 heteroatoms. The molecule has 0 saturated carbocycles. The molecular formula is C22H26N4O2. The third kappa shape index (κ3) is 3.93. The van der Waals surface area contributed by atoms with Crippen molar-refractivity contribution >= 4 is 16.9 Å². The van der Waals surface area contributed by atoms with E-state index in [1.165, 1.54) is 11.1 Å². The number of nitrogens with zero attached hydrogens (tertiary/aromatic N) is 3. The summed E-state index contributed by atoms with van der Waals surface area (Å²) in [5, 5.41) is 3.01. The zero-order valence-electron chi connectivity index (χ0n) is 16.4. The topological polar surface area (TPSA) is 59.4 Å². The number of aromatic nitrogens is 2. The maximum Gasteiger partial charge on any atom is 0.251 e. The van der Waals surface area contributed by atoms with Crippen LogP contribution in [0.4, 0.5) is 0 Å². The number of hydrogen-bond donors (Lipinski definition) is 1. The normalized spacial score (nSPS) is 15.1. The number of hydrogen-bond acceptors (Lipinski definition) is 4. The average Bonchev–Trinajstić information content (AvgIpc) is 3.12. The van der Waals surface area contributed by atoms with Gasteiger partial charge in [0, 0.05) is 31.7 Å². The number of imidazole rings is 1. The molecule has 0 unspecified atom stereocenters. The summed E-state index contributed by atoms with van der Waals surface area (Å²) >= 11 is 0. The fourth-order valence-corrected chi connectivity index (χ4v) is 3.68. The smallest absolute Gasteiger partial charge is 0.251 e. The molecule has 2 aromatic carbocycles. The van der Waals surface area contributed by atoms with Gasteiger partial charge in [-0.05, 0) is 43.7 Å². The van der Waals surface area contributed by atoms with Gasteiger partial charge in [0.05, 0.1) is 29.9 Å². The second kappa shape index (κ2) is 8.12.